The second-order valence-electron chi connectivity index (χ2n) is 7.78. The second kappa shape index (κ2) is 10.7. The molecule has 0 atom stereocenters. The summed E-state index contributed by atoms with van der Waals surface area (Å²) in [4.78, 5) is 10.4. The maximum absolute atomic E-state index is 12.4. The molecule has 10 nitrogen and oxygen atoms in total. The quantitative estimate of drug-likeness (QED) is 0.336. The lowest BCUT2D eigenvalue weighted by molar-refractivity contribution is -0.274. The molecule has 0 saturated heterocycles. The van der Waals surface area contributed by atoms with Crippen molar-refractivity contribution in [2.75, 3.05) is 31.2 Å². The zero-order chi connectivity index (χ0) is 25.7. The van der Waals surface area contributed by atoms with Gasteiger partial charge in [0.2, 0.25) is 5.82 Å². The van der Waals surface area contributed by atoms with Gasteiger partial charge in [0.05, 0.1) is 19.8 Å². The Labute approximate surface area is 203 Å². The van der Waals surface area contributed by atoms with Gasteiger partial charge in [0, 0.05) is 30.5 Å². The number of hydrogen-bond donors (Lipinski definition) is 2. The van der Waals surface area contributed by atoms with Crippen LogP contribution in [0.3, 0.4) is 0 Å². The third kappa shape index (κ3) is 6.17. The first kappa shape index (κ1) is 25.1. The molecule has 0 unspecified atom stereocenters. The van der Waals surface area contributed by atoms with Crippen molar-refractivity contribution in [2.24, 2.45) is 0 Å². The summed E-state index contributed by atoms with van der Waals surface area (Å²) in [6.07, 6.45) is -3.12. The van der Waals surface area contributed by atoms with E-state index in [4.69, 9.17) is 4.52 Å². The average Bonchev–Trinajstić information content (AvgIpc) is 3.46. The zero-order valence-corrected chi connectivity index (χ0v) is 19.2. The van der Waals surface area contributed by atoms with Crippen LogP contribution in [0, 0.1) is 6.92 Å². The number of aromatic nitrogens is 5. The monoisotopic (exact) mass is 504 g/mol. The van der Waals surface area contributed by atoms with E-state index in [1.165, 1.54) is 24.3 Å². The number of hydrogen-bond acceptors (Lipinski definition) is 9. The molecule has 3 heterocycles. The molecule has 0 aliphatic carbocycles. The molecule has 3 aromatic heterocycles. The summed E-state index contributed by atoms with van der Waals surface area (Å²) in [7, 11) is 0. The van der Waals surface area contributed by atoms with E-state index in [1.54, 1.807) is 21.8 Å². The van der Waals surface area contributed by atoms with Crippen LogP contribution in [0.15, 0.2) is 53.2 Å². The van der Waals surface area contributed by atoms with E-state index in [2.05, 4.69) is 25.0 Å². The molecule has 0 amide bonds. The molecule has 1 aromatic carbocycles. The van der Waals surface area contributed by atoms with Crippen LogP contribution in [0.25, 0.3) is 23.0 Å². The fourth-order valence-corrected chi connectivity index (χ4v) is 3.51. The summed E-state index contributed by atoms with van der Waals surface area (Å²) in [5.74, 6) is 0.644. The number of benzene rings is 1. The molecule has 4 aromatic rings. The number of aliphatic hydroxyl groups excluding tert-OH is 2. The van der Waals surface area contributed by atoms with E-state index in [0.29, 0.717) is 36.7 Å². The molecule has 0 radical (unpaired) electrons. The highest BCUT2D eigenvalue weighted by molar-refractivity contribution is 5.59. The van der Waals surface area contributed by atoms with Gasteiger partial charge >= 0.3 is 6.36 Å². The number of nitrogens with zero attached hydrogens (tertiary/aromatic N) is 6. The molecule has 0 fully saturated rings. The molecule has 0 aliphatic rings. The Balaban J connectivity index is 1.49. The molecule has 0 saturated carbocycles. The predicted octanol–water partition coefficient (Wildman–Crippen LogP) is 3.04. The molecule has 0 aliphatic heterocycles. The van der Waals surface area contributed by atoms with Crippen LogP contribution in [0.2, 0.25) is 0 Å². The van der Waals surface area contributed by atoms with Crippen molar-refractivity contribution in [1.82, 2.24) is 24.9 Å². The van der Waals surface area contributed by atoms with Gasteiger partial charge in [-0.2, -0.15) is 10.1 Å². The van der Waals surface area contributed by atoms with Crippen molar-refractivity contribution in [1.29, 1.82) is 0 Å². The smallest absolute Gasteiger partial charge is 0.406 e. The summed E-state index contributed by atoms with van der Waals surface area (Å²) in [5.41, 5.74) is 2.64. The van der Waals surface area contributed by atoms with Crippen LogP contribution in [-0.4, -0.2) is 67.8 Å². The first-order valence-corrected chi connectivity index (χ1v) is 10.9. The van der Waals surface area contributed by atoms with E-state index in [-0.39, 0.29) is 30.7 Å². The van der Waals surface area contributed by atoms with Gasteiger partial charge in [-0.05, 0) is 55.0 Å². The molecule has 2 N–H and O–H groups in total. The predicted molar refractivity (Wildman–Crippen MR) is 122 cm³/mol. The molecular formula is C23H23F3N6O4. The lowest BCUT2D eigenvalue weighted by Crippen LogP contribution is -2.30. The van der Waals surface area contributed by atoms with Gasteiger partial charge in [-0.3, -0.25) is 4.68 Å². The lowest BCUT2D eigenvalue weighted by Gasteiger charge is -2.22. The largest absolute Gasteiger partial charge is 0.573 e. The van der Waals surface area contributed by atoms with Crippen molar-refractivity contribution >= 4 is 5.82 Å². The first-order valence-electron chi connectivity index (χ1n) is 10.9. The van der Waals surface area contributed by atoms with E-state index in [0.717, 1.165) is 11.3 Å². The fourth-order valence-electron chi connectivity index (χ4n) is 3.51. The number of pyridine rings is 1. The van der Waals surface area contributed by atoms with Crippen LogP contribution >= 0.6 is 0 Å². The van der Waals surface area contributed by atoms with Crippen LogP contribution in [-0.2, 0) is 6.54 Å². The minimum atomic E-state index is -4.77. The van der Waals surface area contributed by atoms with Gasteiger partial charge in [-0.25, -0.2) is 4.98 Å². The Morgan fingerprint density at radius 3 is 2.44 bits per heavy atom. The van der Waals surface area contributed by atoms with Crippen LogP contribution in [0.4, 0.5) is 19.0 Å². The highest BCUT2D eigenvalue weighted by atomic mass is 19.4. The molecule has 13 heteroatoms. The highest BCUT2D eigenvalue weighted by Crippen LogP contribution is 2.27. The number of aryl methyl sites for hydroxylation is 1. The van der Waals surface area contributed by atoms with Gasteiger partial charge < -0.3 is 24.4 Å². The Morgan fingerprint density at radius 2 is 1.78 bits per heavy atom. The second-order valence-corrected chi connectivity index (χ2v) is 7.78. The number of rotatable bonds is 10. The number of ether oxygens (including phenoxy) is 1. The summed E-state index contributed by atoms with van der Waals surface area (Å²) < 4.78 is 48.0. The van der Waals surface area contributed by atoms with Gasteiger partial charge in [0.15, 0.2) is 5.69 Å². The van der Waals surface area contributed by atoms with Crippen molar-refractivity contribution in [3.63, 3.8) is 0 Å². The standard InChI is InChI=1S/C23H23F3N6O4/c1-15-12-19(22-28-21(30-36-22)17-2-4-18(5-3-17)35-23(24,25)26)29-32(15)14-16-6-7-27-20(13-16)31(8-10-33)9-11-34/h2-7,12-13,33-34H,8-11,14H2,1H3. The number of aliphatic hydroxyl groups is 2. The minimum absolute atomic E-state index is 0.0643. The van der Waals surface area contributed by atoms with Gasteiger partial charge in [0.25, 0.3) is 5.89 Å². The Kier molecular flexibility index (Phi) is 7.50. The number of alkyl halides is 3. The van der Waals surface area contributed by atoms with Gasteiger partial charge in [-0.1, -0.05) is 5.16 Å². The first-order chi connectivity index (χ1) is 17.3. The topological polar surface area (TPSA) is 123 Å². The van der Waals surface area contributed by atoms with Crippen LogP contribution in [0.1, 0.15) is 11.3 Å². The normalized spacial score (nSPS) is 11.6. The van der Waals surface area contributed by atoms with Gasteiger partial charge in [0.1, 0.15) is 11.6 Å². The zero-order valence-electron chi connectivity index (χ0n) is 19.2. The average molecular weight is 504 g/mol. The number of halogens is 3. The SMILES string of the molecule is Cc1cc(-c2nc(-c3ccc(OC(F)(F)F)cc3)no2)nn1Cc1ccnc(N(CCO)CCO)c1. The van der Waals surface area contributed by atoms with E-state index in [1.807, 2.05) is 19.1 Å². The molecule has 36 heavy (non-hydrogen) atoms. The third-order valence-electron chi connectivity index (χ3n) is 5.18. The molecule has 0 bridgehead atoms. The van der Waals surface area contributed by atoms with Crippen molar-refractivity contribution in [2.45, 2.75) is 19.8 Å². The molecular weight excluding hydrogens is 481 g/mol. The van der Waals surface area contributed by atoms with Crippen molar-refractivity contribution in [3.05, 3.63) is 59.9 Å². The highest BCUT2D eigenvalue weighted by Gasteiger charge is 2.31. The number of anilines is 1. The molecule has 0 spiro atoms. The van der Waals surface area contributed by atoms with Crippen molar-refractivity contribution in [3.8, 4) is 28.7 Å². The molecule has 190 valence electrons. The fraction of sp³-hybridized carbons (Fsp3) is 0.304. The van der Waals surface area contributed by atoms with Gasteiger partial charge in [-0.15, -0.1) is 13.2 Å². The summed E-state index contributed by atoms with van der Waals surface area (Å²) in [6.45, 7) is 2.86. The van der Waals surface area contributed by atoms with E-state index < -0.39 is 6.36 Å². The van der Waals surface area contributed by atoms with Crippen LogP contribution in [0.5, 0.6) is 5.75 Å². The van der Waals surface area contributed by atoms with E-state index >= 15 is 0 Å². The Hall–Kier alpha value is -3.97. The summed E-state index contributed by atoms with van der Waals surface area (Å²) in [5, 5.41) is 27.0. The van der Waals surface area contributed by atoms with Crippen LogP contribution < -0.4 is 9.64 Å². The third-order valence-corrected chi connectivity index (χ3v) is 5.18. The van der Waals surface area contributed by atoms with Crippen molar-refractivity contribution < 1.29 is 32.6 Å². The summed E-state index contributed by atoms with van der Waals surface area (Å²) in [6, 6.07) is 10.6. The Morgan fingerprint density at radius 1 is 1.06 bits per heavy atom. The Bertz CT molecular complexity index is 1280. The maximum atomic E-state index is 12.4. The minimum Gasteiger partial charge on any atom is -0.406 e. The lowest BCUT2D eigenvalue weighted by atomic mass is 10.2. The molecule has 4 rings (SSSR count). The van der Waals surface area contributed by atoms with E-state index in [9.17, 15) is 23.4 Å². The summed E-state index contributed by atoms with van der Waals surface area (Å²) >= 11 is 0. The maximum Gasteiger partial charge on any atom is 0.573 e.